The zero-order valence-electron chi connectivity index (χ0n) is 13.0. The summed E-state index contributed by atoms with van der Waals surface area (Å²) in [5.41, 5.74) is 0.150. The standard InChI is InChI=1S/C18H19F2NO3/c19-13-7-9-14(10-8-13)24-11-3-6-18(23)21-12-17(22)15-4-1-2-5-16(15)20/h1-2,4-5,7-10,17,22H,3,6,11-12H2,(H,21,23). The fraction of sp³-hybridized carbons (Fsp3) is 0.278. The van der Waals surface area contributed by atoms with Gasteiger partial charge in [-0.25, -0.2) is 8.78 Å². The largest absolute Gasteiger partial charge is 0.494 e. The Balaban J connectivity index is 1.64. The number of aliphatic hydroxyl groups excluding tert-OH is 1. The Morgan fingerprint density at radius 3 is 2.54 bits per heavy atom. The van der Waals surface area contributed by atoms with Crippen LogP contribution < -0.4 is 10.1 Å². The zero-order chi connectivity index (χ0) is 17.4. The lowest BCUT2D eigenvalue weighted by Gasteiger charge is -2.13. The predicted molar refractivity (Wildman–Crippen MR) is 85.5 cm³/mol. The molecular formula is C18H19F2NO3. The fourth-order valence-corrected chi connectivity index (χ4v) is 2.11. The molecule has 0 radical (unpaired) electrons. The minimum Gasteiger partial charge on any atom is -0.494 e. The number of aliphatic hydroxyl groups is 1. The van der Waals surface area contributed by atoms with Crippen LogP contribution in [0, 0.1) is 11.6 Å². The molecule has 24 heavy (non-hydrogen) atoms. The van der Waals surface area contributed by atoms with Crippen LogP contribution >= 0.6 is 0 Å². The molecule has 0 aliphatic rings. The number of carbonyl (C=O) groups is 1. The monoisotopic (exact) mass is 335 g/mol. The molecule has 6 heteroatoms. The Kier molecular flexibility index (Phi) is 6.69. The van der Waals surface area contributed by atoms with E-state index in [4.69, 9.17) is 4.74 Å². The van der Waals surface area contributed by atoms with Gasteiger partial charge in [0.15, 0.2) is 0 Å². The molecule has 0 bridgehead atoms. The molecule has 128 valence electrons. The first-order chi connectivity index (χ1) is 11.6. The molecule has 0 saturated heterocycles. The summed E-state index contributed by atoms with van der Waals surface area (Å²) < 4.78 is 31.6. The minimum absolute atomic E-state index is 0.0570. The minimum atomic E-state index is -1.09. The Morgan fingerprint density at radius 2 is 1.83 bits per heavy atom. The maximum atomic E-state index is 13.5. The van der Waals surface area contributed by atoms with Crippen molar-refractivity contribution in [2.45, 2.75) is 18.9 Å². The second kappa shape index (κ2) is 8.98. The van der Waals surface area contributed by atoms with Crippen molar-refractivity contribution in [3.63, 3.8) is 0 Å². The first-order valence-electron chi connectivity index (χ1n) is 7.64. The van der Waals surface area contributed by atoms with Crippen LogP contribution in [0.1, 0.15) is 24.5 Å². The van der Waals surface area contributed by atoms with E-state index in [1.54, 1.807) is 6.07 Å². The van der Waals surface area contributed by atoms with Gasteiger partial charge in [-0.05, 0) is 36.8 Å². The van der Waals surface area contributed by atoms with E-state index in [2.05, 4.69) is 5.32 Å². The molecular weight excluding hydrogens is 316 g/mol. The average Bonchev–Trinajstić information content (AvgIpc) is 2.58. The quantitative estimate of drug-likeness (QED) is 0.729. The van der Waals surface area contributed by atoms with Gasteiger partial charge in [-0.3, -0.25) is 4.79 Å². The summed E-state index contributed by atoms with van der Waals surface area (Å²) in [7, 11) is 0. The Labute approximate surface area is 139 Å². The highest BCUT2D eigenvalue weighted by molar-refractivity contribution is 5.75. The summed E-state index contributed by atoms with van der Waals surface area (Å²) in [5, 5.41) is 12.4. The van der Waals surface area contributed by atoms with E-state index < -0.39 is 11.9 Å². The van der Waals surface area contributed by atoms with Crippen molar-refractivity contribution in [2.75, 3.05) is 13.2 Å². The zero-order valence-corrected chi connectivity index (χ0v) is 13.0. The van der Waals surface area contributed by atoms with Crippen molar-refractivity contribution < 1.29 is 23.4 Å². The summed E-state index contributed by atoms with van der Waals surface area (Å²) in [6.45, 7) is 0.257. The molecule has 0 aliphatic carbocycles. The molecule has 0 saturated carbocycles. The van der Waals surface area contributed by atoms with Gasteiger partial charge < -0.3 is 15.2 Å². The fourth-order valence-electron chi connectivity index (χ4n) is 2.11. The van der Waals surface area contributed by atoms with Gasteiger partial charge in [0.2, 0.25) is 5.91 Å². The highest BCUT2D eigenvalue weighted by atomic mass is 19.1. The lowest BCUT2D eigenvalue weighted by molar-refractivity contribution is -0.121. The third kappa shape index (κ3) is 5.62. The van der Waals surface area contributed by atoms with Crippen molar-refractivity contribution in [3.8, 4) is 5.75 Å². The second-order valence-corrected chi connectivity index (χ2v) is 5.25. The van der Waals surface area contributed by atoms with Gasteiger partial charge in [0.25, 0.3) is 0 Å². The molecule has 2 aromatic rings. The van der Waals surface area contributed by atoms with Crippen LogP contribution in [0.5, 0.6) is 5.75 Å². The Morgan fingerprint density at radius 1 is 1.12 bits per heavy atom. The van der Waals surface area contributed by atoms with E-state index >= 15 is 0 Å². The summed E-state index contributed by atoms with van der Waals surface area (Å²) in [4.78, 5) is 11.7. The Hall–Kier alpha value is -2.47. The molecule has 0 aromatic heterocycles. The van der Waals surface area contributed by atoms with Crippen molar-refractivity contribution >= 4 is 5.91 Å². The lowest BCUT2D eigenvalue weighted by Crippen LogP contribution is -2.28. The molecule has 0 spiro atoms. The van der Waals surface area contributed by atoms with Crippen LogP contribution in [0.3, 0.4) is 0 Å². The summed E-state index contributed by atoms with van der Waals surface area (Å²) in [6, 6.07) is 11.5. The van der Waals surface area contributed by atoms with Gasteiger partial charge >= 0.3 is 0 Å². The van der Waals surface area contributed by atoms with Crippen LogP contribution in [0.4, 0.5) is 8.78 Å². The molecule has 0 heterocycles. The normalized spacial score (nSPS) is 11.8. The number of rotatable bonds is 8. The topological polar surface area (TPSA) is 58.6 Å². The van der Waals surface area contributed by atoms with Crippen LogP contribution in [-0.4, -0.2) is 24.2 Å². The second-order valence-electron chi connectivity index (χ2n) is 5.25. The van der Waals surface area contributed by atoms with E-state index in [1.807, 2.05) is 0 Å². The van der Waals surface area contributed by atoms with Crippen LogP contribution in [0.15, 0.2) is 48.5 Å². The molecule has 1 unspecified atom stereocenters. The molecule has 1 atom stereocenters. The van der Waals surface area contributed by atoms with E-state index in [1.165, 1.54) is 42.5 Å². The summed E-state index contributed by atoms with van der Waals surface area (Å²) in [5.74, 6) is -0.568. The Bertz CT molecular complexity index is 662. The van der Waals surface area contributed by atoms with E-state index in [0.717, 1.165) is 0 Å². The highest BCUT2D eigenvalue weighted by Gasteiger charge is 2.13. The third-order valence-corrected chi connectivity index (χ3v) is 3.39. The average molecular weight is 335 g/mol. The number of hydrogen-bond donors (Lipinski definition) is 2. The summed E-state index contributed by atoms with van der Waals surface area (Å²) in [6.07, 6.45) is -0.407. The number of ether oxygens (including phenoxy) is 1. The van der Waals surface area contributed by atoms with Crippen LogP contribution in [-0.2, 0) is 4.79 Å². The van der Waals surface area contributed by atoms with E-state index in [-0.39, 0.29) is 30.3 Å². The lowest BCUT2D eigenvalue weighted by atomic mass is 10.1. The highest BCUT2D eigenvalue weighted by Crippen LogP contribution is 2.15. The number of nitrogens with one attached hydrogen (secondary N) is 1. The van der Waals surface area contributed by atoms with Gasteiger partial charge in [-0.2, -0.15) is 0 Å². The van der Waals surface area contributed by atoms with Gasteiger partial charge in [-0.1, -0.05) is 18.2 Å². The number of halogens is 2. The van der Waals surface area contributed by atoms with Crippen molar-refractivity contribution in [1.29, 1.82) is 0 Å². The van der Waals surface area contributed by atoms with Gasteiger partial charge in [0, 0.05) is 18.5 Å². The maximum absolute atomic E-state index is 13.5. The molecule has 4 nitrogen and oxygen atoms in total. The number of amides is 1. The van der Waals surface area contributed by atoms with Crippen molar-refractivity contribution in [2.24, 2.45) is 0 Å². The van der Waals surface area contributed by atoms with Gasteiger partial charge in [0.1, 0.15) is 17.4 Å². The van der Waals surface area contributed by atoms with Crippen molar-refractivity contribution in [1.82, 2.24) is 5.32 Å². The smallest absolute Gasteiger partial charge is 0.220 e. The molecule has 0 fully saturated rings. The molecule has 1 amide bonds. The number of hydrogen-bond acceptors (Lipinski definition) is 3. The number of carbonyl (C=O) groups excluding carboxylic acids is 1. The molecule has 2 rings (SSSR count). The number of benzene rings is 2. The third-order valence-electron chi connectivity index (χ3n) is 3.39. The first kappa shape index (κ1) is 17.9. The maximum Gasteiger partial charge on any atom is 0.220 e. The first-order valence-corrected chi connectivity index (χ1v) is 7.64. The molecule has 2 N–H and O–H groups in total. The van der Waals surface area contributed by atoms with E-state index in [0.29, 0.717) is 18.8 Å². The van der Waals surface area contributed by atoms with E-state index in [9.17, 15) is 18.7 Å². The van der Waals surface area contributed by atoms with Crippen molar-refractivity contribution in [3.05, 3.63) is 65.7 Å². The molecule has 2 aromatic carbocycles. The van der Waals surface area contributed by atoms with Crippen LogP contribution in [0.2, 0.25) is 0 Å². The van der Waals surface area contributed by atoms with Gasteiger partial charge in [0.05, 0.1) is 12.7 Å². The van der Waals surface area contributed by atoms with Crippen LogP contribution in [0.25, 0.3) is 0 Å². The molecule has 0 aliphatic heterocycles. The van der Waals surface area contributed by atoms with Gasteiger partial charge in [-0.15, -0.1) is 0 Å². The summed E-state index contributed by atoms with van der Waals surface area (Å²) >= 11 is 0. The predicted octanol–water partition coefficient (Wildman–Crippen LogP) is 2.97. The SMILES string of the molecule is O=C(CCCOc1ccc(F)cc1)NCC(O)c1ccccc1F.